The third kappa shape index (κ3) is 5.55. The highest BCUT2D eigenvalue weighted by Crippen LogP contribution is 2.29. The minimum Gasteiger partial charge on any atom is -0.418 e. The van der Waals surface area contributed by atoms with Crippen molar-refractivity contribution in [1.29, 1.82) is 0 Å². The van der Waals surface area contributed by atoms with Gasteiger partial charge in [0.25, 0.3) is 0 Å². The van der Waals surface area contributed by atoms with Crippen LogP contribution in [0.1, 0.15) is 19.8 Å². The smallest absolute Gasteiger partial charge is 0.418 e. The molecule has 0 spiro atoms. The van der Waals surface area contributed by atoms with Crippen molar-refractivity contribution in [2.45, 2.75) is 19.8 Å². The summed E-state index contributed by atoms with van der Waals surface area (Å²) in [4.78, 5) is 1.59. The van der Waals surface area contributed by atoms with Crippen molar-refractivity contribution in [2.75, 3.05) is 13.1 Å². The molecule has 2 nitrogen and oxygen atoms in total. The molecule has 0 aliphatic carbocycles. The molecule has 4 rings (SSSR count). The van der Waals surface area contributed by atoms with Crippen molar-refractivity contribution >= 4 is 23.9 Å². The van der Waals surface area contributed by atoms with Gasteiger partial charge in [-0.15, -0.1) is 0 Å². The molecule has 0 amide bonds. The number of piperidine rings is 1. The zero-order valence-electron chi connectivity index (χ0n) is 15.7. The summed E-state index contributed by atoms with van der Waals surface area (Å²) in [5.41, 5.74) is 3.51. The number of rotatable bonds is 2. The Morgan fingerprint density at radius 1 is 0.964 bits per heavy atom. The second-order valence-electron chi connectivity index (χ2n) is 7.19. The summed E-state index contributed by atoms with van der Waals surface area (Å²) >= 11 is 0. The van der Waals surface area contributed by atoms with Gasteiger partial charge in [-0.1, -0.05) is 37.3 Å². The first kappa shape index (κ1) is 20.3. The predicted octanol–water partition coefficient (Wildman–Crippen LogP) is 5.63. The fraction of sp³-hybridized carbons (Fsp3) is 0.286. The average Bonchev–Trinajstić information content (AvgIpc) is 2.66. The first-order valence-corrected chi connectivity index (χ1v) is 9.45. The molecule has 0 radical (unpaired) electrons. The van der Waals surface area contributed by atoms with E-state index in [4.69, 9.17) is 4.42 Å². The minimum absolute atomic E-state index is 0.787. The van der Waals surface area contributed by atoms with Gasteiger partial charge in [0, 0.05) is 12.0 Å². The normalized spacial score (nSPS) is 19.8. The van der Waals surface area contributed by atoms with Crippen molar-refractivity contribution in [3.8, 4) is 11.3 Å². The number of halogens is 4. The molecule has 148 valence electrons. The molecule has 0 saturated carbocycles. The van der Waals surface area contributed by atoms with Crippen LogP contribution in [0.5, 0.6) is 0 Å². The average molecular weight is 392 g/mol. The molecular formula is C21H23BF4NO+. The van der Waals surface area contributed by atoms with E-state index in [9.17, 15) is 17.3 Å². The van der Waals surface area contributed by atoms with Gasteiger partial charge in [-0.05, 0) is 31.0 Å². The lowest BCUT2D eigenvalue weighted by Crippen LogP contribution is -3.09. The van der Waals surface area contributed by atoms with Crippen molar-refractivity contribution in [2.24, 2.45) is 5.92 Å². The Bertz CT molecular complexity index is 911. The number of para-hydroxylation sites is 1. The lowest BCUT2D eigenvalue weighted by molar-refractivity contribution is -0.841. The Balaban J connectivity index is 0.000000403. The van der Waals surface area contributed by atoms with Crippen LogP contribution in [-0.2, 0) is 0 Å². The third-order valence-corrected chi connectivity index (χ3v) is 4.88. The van der Waals surface area contributed by atoms with Gasteiger partial charge in [0.15, 0.2) is 5.69 Å². The maximum atomic E-state index is 9.75. The second kappa shape index (κ2) is 8.73. The van der Waals surface area contributed by atoms with Crippen molar-refractivity contribution < 1.29 is 26.6 Å². The van der Waals surface area contributed by atoms with E-state index in [-0.39, 0.29) is 0 Å². The molecule has 2 aromatic carbocycles. The van der Waals surface area contributed by atoms with Gasteiger partial charge in [0.2, 0.25) is 0 Å². The molecule has 0 bridgehead atoms. The van der Waals surface area contributed by atoms with Crippen LogP contribution in [0, 0.1) is 5.92 Å². The highest BCUT2D eigenvalue weighted by Gasteiger charge is 2.28. The van der Waals surface area contributed by atoms with E-state index in [1.54, 1.807) is 4.90 Å². The van der Waals surface area contributed by atoms with Gasteiger partial charge in [0.1, 0.15) is 11.5 Å². The molecular weight excluding hydrogens is 369 g/mol. The molecule has 1 N–H and O–H groups in total. The Morgan fingerprint density at radius 3 is 2.29 bits per heavy atom. The highest BCUT2D eigenvalue weighted by atomic mass is 19.5. The number of fused-ring (bicyclic) bond motifs is 1. The van der Waals surface area contributed by atoms with Crippen LogP contribution in [0.3, 0.4) is 0 Å². The number of nitrogens with one attached hydrogen (secondary N) is 1. The fourth-order valence-electron chi connectivity index (χ4n) is 3.71. The molecule has 3 aromatic rings. The largest absolute Gasteiger partial charge is 0.673 e. The van der Waals surface area contributed by atoms with Crippen molar-refractivity contribution in [3.05, 3.63) is 60.7 Å². The summed E-state index contributed by atoms with van der Waals surface area (Å²) < 4.78 is 45.2. The van der Waals surface area contributed by atoms with Gasteiger partial charge in [-0.25, -0.2) is 4.42 Å². The van der Waals surface area contributed by atoms with Gasteiger partial charge < -0.3 is 22.2 Å². The SMILES string of the molecule is CC1CCC[NH+](c2cc(-c3ccccc3)[o+]c3ccccc23)C1.F[B-](F)(F)F. The monoisotopic (exact) mass is 392 g/mol. The summed E-state index contributed by atoms with van der Waals surface area (Å²) in [5, 5.41) is 1.25. The van der Waals surface area contributed by atoms with Crippen LogP contribution in [0.4, 0.5) is 23.0 Å². The van der Waals surface area contributed by atoms with Crippen LogP contribution in [0.2, 0.25) is 0 Å². The van der Waals surface area contributed by atoms with E-state index in [1.807, 2.05) is 6.07 Å². The summed E-state index contributed by atoms with van der Waals surface area (Å²) in [6, 6.07) is 21.1. The number of benzene rings is 2. The van der Waals surface area contributed by atoms with Crippen LogP contribution < -0.4 is 4.90 Å². The quantitative estimate of drug-likeness (QED) is 0.340. The van der Waals surface area contributed by atoms with Crippen molar-refractivity contribution in [1.82, 2.24) is 0 Å². The first-order valence-electron chi connectivity index (χ1n) is 9.45. The maximum absolute atomic E-state index is 9.75. The molecule has 2 unspecified atom stereocenters. The Hall–Kier alpha value is -2.41. The first-order chi connectivity index (χ1) is 13.3. The summed E-state index contributed by atoms with van der Waals surface area (Å²) in [6.07, 6.45) is 2.65. The number of quaternary nitrogens is 1. The van der Waals surface area contributed by atoms with E-state index in [1.165, 1.54) is 37.0 Å². The van der Waals surface area contributed by atoms with Crippen LogP contribution in [-0.4, -0.2) is 20.3 Å². The standard InChI is InChI=1S/C21H22NO.BF4/c1-16-8-7-13-22(15-16)19-14-21(17-9-3-2-4-10-17)23-20-12-6-5-11-18(19)20;2-1(3,4)5/h2-6,9-12,14,16H,7-8,13,15H2,1H3;/q+1;-1/p+1. The van der Waals surface area contributed by atoms with E-state index >= 15 is 0 Å². The molecule has 28 heavy (non-hydrogen) atoms. The van der Waals surface area contributed by atoms with Crippen LogP contribution in [0.15, 0.2) is 65.1 Å². The van der Waals surface area contributed by atoms with Crippen molar-refractivity contribution in [3.63, 3.8) is 0 Å². The Labute approximate surface area is 161 Å². The molecule has 2 heterocycles. The zero-order chi connectivity index (χ0) is 20.1. The summed E-state index contributed by atoms with van der Waals surface area (Å²) in [6.45, 7) is 4.79. The molecule has 1 saturated heterocycles. The minimum atomic E-state index is -6.00. The molecule has 1 aliphatic rings. The van der Waals surface area contributed by atoms with Gasteiger partial charge in [0.05, 0.1) is 18.7 Å². The van der Waals surface area contributed by atoms with Gasteiger partial charge in [-0.3, -0.25) is 0 Å². The van der Waals surface area contributed by atoms with Gasteiger partial charge >= 0.3 is 18.6 Å². The topological polar surface area (TPSA) is 15.7 Å². The summed E-state index contributed by atoms with van der Waals surface area (Å²) in [5.74, 6) is 1.75. The molecule has 7 heteroatoms. The van der Waals surface area contributed by atoms with Crippen LogP contribution >= 0.6 is 0 Å². The van der Waals surface area contributed by atoms with Crippen LogP contribution in [0.25, 0.3) is 22.3 Å². The van der Waals surface area contributed by atoms with E-state index in [0.717, 1.165) is 22.8 Å². The summed E-state index contributed by atoms with van der Waals surface area (Å²) in [7, 11) is -6.00. The van der Waals surface area contributed by atoms with E-state index in [0.29, 0.717) is 0 Å². The molecule has 1 fully saturated rings. The van der Waals surface area contributed by atoms with Gasteiger partial charge in [-0.2, -0.15) is 0 Å². The van der Waals surface area contributed by atoms with E-state index < -0.39 is 7.25 Å². The molecule has 2 atom stereocenters. The fourth-order valence-corrected chi connectivity index (χ4v) is 3.71. The van der Waals surface area contributed by atoms with E-state index in [2.05, 4.69) is 61.5 Å². The maximum Gasteiger partial charge on any atom is 0.673 e. The number of hydrogen-bond acceptors (Lipinski definition) is 0. The highest BCUT2D eigenvalue weighted by molar-refractivity contribution is 6.50. The third-order valence-electron chi connectivity index (χ3n) is 4.88. The lowest BCUT2D eigenvalue weighted by atomic mass is 9.99. The second-order valence-corrected chi connectivity index (χ2v) is 7.19. The zero-order valence-corrected chi connectivity index (χ0v) is 15.7. The predicted molar refractivity (Wildman–Crippen MR) is 105 cm³/mol. The Morgan fingerprint density at radius 2 is 1.61 bits per heavy atom. The Kier molecular flexibility index (Phi) is 6.34. The lowest BCUT2D eigenvalue weighted by Gasteiger charge is -2.27. The molecule has 1 aliphatic heterocycles. The molecule has 1 aromatic heterocycles. The number of hydrogen-bond donors (Lipinski definition) is 1.